The van der Waals surface area contributed by atoms with Gasteiger partial charge in [-0.15, -0.1) is 12.4 Å². The summed E-state index contributed by atoms with van der Waals surface area (Å²) >= 11 is 0. The Labute approximate surface area is 139 Å². The Morgan fingerprint density at radius 2 is 1.86 bits per heavy atom. The smallest absolute Gasteiger partial charge is 0.203 e. The van der Waals surface area contributed by atoms with Gasteiger partial charge >= 0.3 is 0 Å². The second-order valence-electron chi connectivity index (χ2n) is 5.64. The van der Waals surface area contributed by atoms with E-state index < -0.39 is 0 Å². The number of nitrogens with two attached hydrogens (primary N) is 1. The SMILES string of the molecule is COc1ccc(CN2CCC(C(C)N)C2)c(OC)c1OC.Cl. The van der Waals surface area contributed by atoms with Crippen LogP contribution in [0.25, 0.3) is 0 Å². The number of hydrogen-bond donors (Lipinski definition) is 1. The van der Waals surface area contributed by atoms with Gasteiger partial charge in [0.1, 0.15) is 0 Å². The predicted octanol–water partition coefficient (Wildman–Crippen LogP) is 2.30. The molecule has 1 fully saturated rings. The van der Waals surface area contributed by atoms with Crippen LogP contribution in [0.2, 0.25) is 0 Å². The molecular weight excluding hydrogens is 304 g/mol. The van der Waals surface area contributed by atoms with Crippen LogP contribution in [0.15, 0.2) is 12.1 Å². The van der Waals surface area contributed by atoms with E-state index in [1.54, 1.807) is 21.3 Å². The number of methoxy groups -OCH3 is 3. The molecule has 1 aromatic rings. The lowest BCUT2D eigenvalue weighted by molar-refractivity contribution is 0.291. The minimum atomic E-state index is 0. The fraction of sp³-hybridized carbons (Fsp3) is 0.625. The number of ether oxygens (including phenoxy) is 3. The van der Waals surface area contributed by atoms with Crippen LogP contribution in [0.1, 0.15) is 18.9 Å². The summed E-state index contributed by atoms with van der Waals surface area (Å²) < 4.78 is 16.3. The zero-order valence-corrected chi connectivity index (χ0v) is 14.6. The van der Waals surface area contributed by atoms with Gasteiger partial charge in [0.15, 0.2) is 11.5 Å². The number of likely N-dealkylation sites (tertiary alicyclic amines) is 1. The van der Waals surface area contributed by atoms with Crippen molar-refractivity contribution in [2.24, 2.45) is 11.7 Å². The highest BCUT2D eigenvalue weighted by molar-refractivity contribution is 5.85. The van der Waals surface area contributed by atoms with Crippen molar-refractivity contribution < 1.29 is 14.2 Å². The van der Waals surface area contributed by atoms with Crippen LogP contribution in [0, 0.1) is 5.92 Å². The van der Waals surface area contributed by atoms with Gasteiger partial charge in [0.2, 0.25) is 5.75 Å². The molecule has 0 spiro atoms. The van der Waals surface area contributed by atoms with E-state index in [4.69, 9.17) is 19.9 Å². The fourth-order valence-corrected chi connectivity index (χ4v) is 2.96. The summed E-state index contributed by atoms with van der Waals surface area (Å²) in [4.78, 5) is 2.41. The third-order valence-electron chi connectivity index (χ3n) is 4.23. The zero-order chi connectivity index (χ0) is 15.4. The van der Waals surface area contributed by atoms with Crippen molar-refractivity contribution in [3.05, 3.63) is 17.7 Å². The van der Waals surface area contributed by atoms with Gasteiger partial charge in [0, 0.05) is 24.7 Å². The standard InChI is InChI=1S/C16H26N2O3.ClH/c1-11(17)12-7-8-18(9-12)10-13-5-6-14(19-2)16(21-4)15(13)20-3;/h5-6,11-12H,7-10,17H2,1-4H3;1H. The molecule has 5 nitrogen and oxygen atoms in total. The average molecular weight is 331 g/mol. The van der Waals surface area contributed by atoms with Gasteiger partial charge in [0.05, 0.1) is 21.3 Å². The molecule has 126 valence electrons. The Morgan fingerprint density at radius 3 is 2.36 bits per heavy atom. The lowest BCUT2D eigenvalue weighted by atomic mass is 10.0. The molecule has 22 heavy (non-hydrogen) atoms. The van der Waals surface area contributed by atoms with Crippen molar-refractivity contribution in [3.63, 3.8) is 0 Å². The minimum absolute atomic E-state index is 0. The van der Waals surface area contributed by atoms with Crippen molar-refractivity contribution in [3.8, 4) is 17.2 Å². The number of nitrogens with zero attached hydrogens (tertiary/aromatic N) is 1. The van der Waals surface area contributed by atoms with E-state index in [-0.39, 0.29) is 18.4 Å². The molecular formula is C16H27ClN2O3. The first-order valence-corrected chi connectivity index (χ1v) is 7.36. The van der Waals surface area contributed by atoms with E-state index in [0.717, 1.165) is 37.4 Å². The van der Waals surface area contributed by atoms with Gasteiger partial charge < -0.3 is 19.9 Å². The lowest BCUT2D eigenvalue weighted by Gasteiger charge is -2.21. The number of benzene rings is 1. The number of rotatable bonds is 6. The maximum Gasteiger partial charge on any atom is 0.203 e. The summed E-state index contributed by atoms with van der Waals surface area (Å²) in [6.07, 6.45) is 1.16. The molecule has 1 aliphatic heterocycles. The molecule has 0 saturated carbocycles. The molecule has 2 atom stereocenters. The first-order chi connectivity index (χ1) is 10.1. The highest BCUT2D eigenvalue weighted by Crippen LogP contribution is 2.40. The quantitative estimate of drug-likeness (QED) is 0.867. The molecule has 2 unspecified atom stereocenters. The average Bonchev–Trinajstić information content (AvgIpc) is 2.95. The molecule has 1 aliphatic rings. The van der Waals surface area contributed by atoms with Crippen LogP contribution in [-0.2, 0) is 6.54 Å². The zero-order valence-electron chi connectivity index (χ0n) is 13.8. The van der Waals surface area contributed by atoms with Crippen molar-refractivity contribution in [2.75, 3.05) is 34.4 Å². The first-order valence-electron chi connectivity index (χ1n) is 7.36. The molecule has 0 aliphatic carbocycles. The van der Waals surface area contributed by atoms with E-state index >= 15 is 0 Å². The third-order valence-corrected chi connectivity index (χ3v) is 4.23. The Morgan fingerprint density at radius 1 is 1.18 bits per heavy atom. The first kappa shape index (κ1) is 18.9. The molecule has 1 saturated heterocycles. The monoisotopic (exact) mass is 330 g/mol. The van der Waals surface area contributed by atoms with Gasteiger partial charge in [-0.05, 0) is 31.9 Å². The van der Waals surface area contributed by atoms with Gasteiger partial charge in [-0.25, -0.2) is 0 Å². The lowest BCUT2D eigenvalue weighted by Crippen LogP contribution is -2.29. The maximum absolute atomic E-state index is 6.01. The highest BCUT2D eigenvalue weighted by atomic mass is 35.5. The van der Waals surface area contributed by atoms with E-state index in [1.807, 2.05) is 12.1 Å². The Bertz CT molecular complexity index is 483. The van der Waals surface area contributed by atoms with Crippen LogP contribution in [0.4, 0.5) is 0 Å². The summed E-state index contributed by atoms with van der Waals surface area (Å²) in [5, 5.41) is 0. The molecule has 0 bridgehead atoms. The number of halogens is 1. The van der Waals surface area contributed by atoms with Gasteiger partial charge in [-0.1, -0.05) is 6.07 Å². The van der Waals surface area contributed by atoms with E-state index in [2.05, 4.69) is 11.8 Å². The van der Waals surface area contributed by atoms with Crippen LogP contribution in [0.5, 0.6) is 17.2 Å². The van der Waals surface area contributed by atoms with Gasteiger partial charge in [-0.3, -0.25) is 4.90 Å². The summed E-state index contributed by atoms with van der Waals surface area (Å²) in [6.45, 7) is 5.04. The molecule has 0 amide bonds. The topological polar surface area (TPSA) is 57.0 Å². The second kappa shape index (κ2) is 8.46. The Balaban J connectivity index is 0.00000242. The number of hydrogen-bond acceptors (Lipinski definition) is 5. The summed E-state index contributed by atoms with van der Waals surface area (Å²) in [5.74, 6) is 2.67. The van der Waals surface area contributed by atoms with E-state index in [9.17, 15) is 0 Å². The summed E-state index contributed by atoms with van der Waals surface area (Å²) in [5.41, 5.74) is 7.12. The Hall–Kier alpha value is -1.17. The van der Waals surface area contributed by atoms with Crippen LogP contribution < -0.4 is 19.9 Å². The van der Waals surface area contributed by atoms with Crippen LogP contribution in [-0.4, -0.2) is 45.4 Å². The molecule has 1 heterocycles. The largest absolute Gasteiger partial charge is 0.493 e. The highest BCUT2D eigenvalue weighted by Gasteiger charge is 2.26. The van der Waals surface area contributed by atoms with Crippen molar-refractivity contribution >= 4 is 12.4 Å². The van der Waals surface area contributed by atoms with Gasteiger partial charge in [0.25, 0.3) is 0 Å². The van der Waals surface area contributed by atoms with E-state index in [0.29, 0.717) is 17.4 Å². The predicted molar refractivity (Wildman–Crippen MR) is 90.4 cm³/mol. The fourth-order valence-electron chi connectivity index (χ4n) is 2.96. The van der Waals surface area contributed by atoms with Crippen molar-refractivity contribution in [1.29, 1.82) is 0 Å². The van der Waals surface area contributed by atoms with Crippen LogP contribution in [0.3, 0.4) is 0 Å². The molecule has 1 aromatic carbocycles. The molecule has 6 heteroatoms. The normalized spacial score (nSPS) is 19.4. The second-order valence-corrected chi connectivity index (χ2v) is 5.64. The minimum Gasteiger partial charge on any atom is -0.493 e. The molecule has 2 rings (SSSR count). The van der Waals surface area contributed by atoms with E-state index in [1.165, 1.54) is 0 Å². The molecule has 0 aromatic heterocycles. The Kier molecular flexibility index (Phi) is 7.26. The van der Waals surface area contributed by atoms with Crippen molar-refractivity contribution in [1.82, 2.24) is 4.90 Å². The molecule has 2 N–H and O–H groups in total. The van der Waals surface area contributed by atoms with Gasteiger partial charge in [-0.2, -0.15) is 0 Å². The summed E-state index contributed by atoms with van der Waals surface area (Å²) in [7, 11) is 4.92. The van der Waals surface area contributed by atoms with Crippen molar-refractivity contribution in [2.45, 2.75) is 25.9 Å². The van der Waals surface area contributed by atoms with Crippen LogP contribution >= 0.6 is 12.4 Å². The summed E-state index contributed by atoms with van der Waals surface area (Å²) in [6, 6.07) is 4.22. The maximum atomic E-state index is 6.01. The molecule has 0 radical (unpaired) electrons. The third kappa shape index (κ3) is 3.97.